The zero-order valence-electron chi connectivity index (χ0n) is 15.4. The molecule has 1 aliphatic heterocycles. The number of rotatable bonds is 7. The SMILES string of the molecule is O=C(NCCNC(=O)C1CCCN1S(=O)(=O)c1cccs1)C1CCCCC1. The zero-order chi connectivity index (χ0) is 19.3. The number of hydrogen-bond acceptors (Lipinski definition) is 5. The van der Waals surface area contributed by atoms with Gasteiger partial charge in [-0.1, -0.05) is 25.3 Å². The smallest absolute Gasteiger partial charge is 0.253 e. The Morgan fingerprint density at radius 3 is 2.41 bits per heavy atom. The van der Waals surface area contributed by atoms with Crippen LogP contribution in [0, 0.1) is 5.92 Å². The normalized spacial score (nSPS) is 21.9. The molecular weight excluding hydrogens is 386 g/mol. The highest BCUT2D eigenvalue weighted by atomic mass is 32.2. The van der Waals surface area contributed by atoms with E-state index in [-0.39, 0.29) is 21.9 Å². The molecule has 0 aromatic carbocycles. The Morgan fingerprint density at radius 1 is 1.04 bits per heavy atom. The fourth-order valence-corrected chi connectivity index (χ4v) is 6.59. The molecule has 2 amide bonds. The minimum absolute atomic E-state index is 0.0618. The lowest BCUT2D eigenvalue weighted by Gasteiger charge is -2.23. The molecule has 9 heteroatoms. The van der Waals surface area contributed by atoms with Crippen molar-refractivity contribution in [2.45, 2.75) is 55.2 Å². The molecule has 0 spiro atoms. The van der Waals surface area contributed by atoms with Crippen LogP contribution in [-0.2, 0) is 19.6 Å². The Balaban J connectivity index is 1.46. The molecule has 1 unspecified atom stereocenters. The molecule has 2 N–H and O–H groups in total. The molecule has 2 fully saturated rings. The third kappa shape index (κ3) is 4.89. The van der Waals surface area contributed by atoms with Crippen molar-refractivity contribution in [3.63, 3.8) is 0 Å². The van der Waals surface area contributed by atoms with Gasteiger partial charge in [-0.3, -0.25) is 9.59 Å². The predicted molar refractivity (Wildman–Crippen MR) is 104 cm³/mol. The van der Waals surface area contributed by atoms with Gasteiger partial charge in [-0.15, -0.1) is 11.3 Å². The quantitative estimate of drug-likeness (QED) is 0.665. The van der Waals surface area contributed by atoms with Crippen LogP contribution in [0.15, 0.2) is 21.7 Å². The molecule has 1 aromatic heterocycles. The van der Waals surface area contributed by atoms with Crippen molar-refractivity contribution in [3.05, 3.63) is 17.5 Å². The van der Waals surface area contributed by atoms with Crippen molar-refractivity contribution in [2.75, 3.05) is 19.6 Å². The van der Waals surface area contributed by atoms with Crippen molar-refractivity contribution in [1.82, 2.24) is 14.9 Å². The summed E-state index contributed by atoms with van der Waals surface area (Å²) in [6, 6.07) is 2.58. The first kappa shape index (κ1) is 20.3. The maximum atomic E-state index is 12.7. The lowest BCUT2D eigenvalue weighted by molar-refractivity contribution is -0.127. The average Bonchev–Trinajstić information content (AvgIpc) is 3.38. The minimum atomic E-state index is -3.63. The Kier molecular flexibility index (Phi) is 6.88. The first-order chi connectivity index (χ1) is 13.0. The van der Waals surface area contributed by atoms with Gasteiger partial charge in [0.05, 0.1) is 0 Å². The van der Waals surface area contributed by atoms with Gasteiger partial charge in [0.15, 0.2) is 0 Å². The molecule has 3 rings (SSSR count). The molecule has 1 aromatic rings. The summed E-state index contributed by atoms with van der Waals surface area (Å²) < 4.78 is 27.0. The van der Waals surface area contributed by atoms with Crippen LogP contribution in [0.1, 0.15) is 44.9 Å². The van der Waals surface area contributed by atoms with E-state index in [2.05, 4.69) is 10.6 Å². The van der Waals surface area contributed by atoms with Crippen molar-refractivity contribution >= 4 is 33.2 Å². The maximum absolute atomic E-state index is 12.7. The largest absolute Gasteiger partial charge is 0.354 e. The molecule has 7 nitrogen and oxygen atoms in total. The Labute approximate surface area is 164 Å². The van der Waals surface area contributed by atoms with Crippen LogP contribution < -0.4 is 10.6 Å². The molecule has 27 heavy (non-hydrogen) atoms. The molecule has 2 aliphatic rings. The van der Waals surface area contributed by atoms with E-state index in [0.29, 0.717) is 32.5 Å². The number of nitrogens with zero attached hydrogens (tertiary/aromatic N) is 1. The van der Waals surface area contributed by atoms with Crippen LogP contribution in [0.4, 0.5) is 0 Å². The third-order valence-corrected chi connectivity index (χ3v) is 8.55. The van der Waals surface area contributed by atoms with E-state index in [4.69, 9.17) is 0 Å². The van der Waals surface area contributed by atoms with Gasteiger partial charge in [-0.05, 0) is 37.1 Å². The van der Waals surface area contributed by atoms with E-state index in [1.807, 2.05) is 0 Å². The van der Waals surface area contributed by atoms with Crippen molar-refractivity contribution in [1.29, 1.82) is 0 Å². The van der Waals surface area contributed by atoms with Crippen molar-refractivity contribution < 1.29 is 18.0 Å². The number of sulfonamides is 1. The van der Waals surface area contributed by atoms with Crippen LogP contribution in [0.5, 0.6) is 0 Å². The minimum Gasteiger partial charge on any atom is -0.354 e. The van der Waals surface area contributed by atoms with E-state index in [1.165, 1.54) is 10.7 Å². The summed E-state index contributed by atoms with van der Waals surface area (Å²) in [5, 5.41) is 7.37. The second-order valence-corrected chi connectivity index (χ2v) is 10.2. The number of carbonyl (C=O) groups excluding carboxylic acids is 2. The van der Waals surface area contributed by atoms with Gasteiger partial charge in [0.25, 0.3) is 10.0 Å². The van der Waals surface area contributed by atoms with E-state index in [0.717, 1.165) is 37.0 Å². The molecule has 0 bridgehead atoms. The Morgan fingerprint density at radius 2 is 1.74 bits per heavy atom. The number of hydrogen-bond donors (Lipinski definition) is 2. The van der Waals surface area contributed by atoms with Crippen molar-refractivity contribution in [2.24, 2.45) is 5.92 Å². The van der Waals surface area contributed by atoms with Gasteiger partial charge in [0.2, 0.25) is 11.8 Å². The van der Waals surface area contributed by atoms with Crippen LogP contribution >= 0.6 is 11.3 Å². The third-order valence-electron chi connectivity index (χ3n) is 5.26. The highest BCUT2D eigenvalue weighted by Gasteiger charge is 2.39. The van der Waals surface area contributed by atoms with Crippen LogP contribution in [0.2, 0.25) is 0 Å². The number of amides is 2. The highest BCUT2D eigenvalue weighted by Crippen LogP contribution is 2.28. The van der Waals surface area contributed by atoms with Gasteiger partial charge in [-0.25, -0.2) is 8.42 Å². The van der Waals surface area contributed by atoms with E-state index < -0.39 is 16.1 Å². The van der Waals surface area contributed by atoms with Gasteiger partial charge in [-0.2, -0.15) is 4.31 Å². The number of nitrogens with one attached hydrogen (secondary N) is 2. The summed E-state index contributed by atoms with van der Waals surface area (Å²) in [7, 11) is -3.63. The van der Waals surface area contributed by atoms with Crippen LogP contribution in [0.3, 0.4) is 0 Å². The van der Waals surface area contributed by atoms with Gasteiger partial charge in [0, 0.05) is 25.6 Å². The summed E-state index contributed by atoms with van der Waals surface area (Å²) in [5.41, 5.74) is 0. The Bertz CT molecular complexity index is 743. The predicted octanol–water partition coefficient (Wildman–Crippen LogP) is 1.71. The molecule has 150 valence electrons. The van der Waals surface area contributed by atoms with Crippen LogP contribution in [0.25, 0.3) is 0 Å². The summed E-state index contributed by atoms with van der Waals surface area (Å²) in [6.45, 7) is 1.03. The number of thiophene rings is 1. The molecule has 1 atom stereocenters. The lowest BCUT2D eigenvalue weighted by atomic mass is 9.89. The standard InChI is InChI=1S/C18H27N3O4S2/c22-17(14-6-2-1-3-7-14)19-10-11-20-18(23)15-8-4-12-21(15)27(24,25)16-9-5-13-26-16/h5,9,13-15H,1-4,6-8,10-12H2,(H,19,22)(H,20,23). The fraction of sp³-hybridized carbons (Fsp3) is 0.667. The molecular formula is C18H27N3O4S2. The first-order valence-electron chi connectivity index (χ1n) is 9.61. The van der Waals surface area contributed by atoms with Crippen LogP contribution in [-0.4, -0.2) is 50.2 Å². The van der Waals surface area contributed by atoms with Gasteiger partial charge >= 0.3 is 0 Å². The lowest BCUT2D eigenvalue weighted by Crippen LogP contribution is -2.47. The second-order valence-electron chi connectivity index (χ2n) is 7.12. The average molecular weight is 414 g/mol. The monoisotopic (exact) mass is 413 g/mol. The van der Waals surface area contributed by atoms with E-state index in [1.54, 1.807) is 17.5 Å². The second kappa shape index (κ2) is 9.16. The molecule has 1 aliphatic carbocycles. The van der Waals surface area contributed by atoms with E-state index in [9.17, 15) is 18.0 Å². The summed E-state index contributed by atoms with van der Waals surface area (Å²) in [5.74, 6) is -0.137. The van der Waals surface area contributed by atoms with Gasteiger partial charge < -0.3 is 10.6 Å². The topological polar surface area (TPSA) is 95.6 Å². The molecule has 2 heterocycles. The van der Waals surface area contributed by atoms with Crippen molar-refractivity contribution in [3.8, 4) is 0 Å². The summed E-state index contributed by atoms with van der Waals surface area (Å²) in [4.78, 5) is 24.6. The zero-order valence-corrected chi connectivity index (χ0v) is 17.0. The first-order valence-corrected chi connectivity index (χ1v) is 11.9. The molecule has 1 saturated heterocycles. The highest BCUT2D eigenvalue weighted by molar-refractivity contribution is 7.91. The van der Waals surface area contributed by atoms with Gasteiger partial charge in [0.1, 0.15) is 10.3 Å². The summed E-state index contributed by atoms with van der Waals surface area (Å²) >= 11 is 1.16. The Hall–Kier alpha value is -1.45. The van der Waals surface area contributed by atoms with E-state index >= 15 is 0 Å². The molecule has 0 radical (unpaired) electrons. The molecule has 1 saturated carbocycles. The summed E-state index contributed by atoms with van der Waals surface area (Å²) in [6.07, 6.45) is 6.47. The number of carbonyl (C=O) groups is 2. The maximum Gasteiger partial charge on any atom is 0.253 e. The fourth-order valence-electron chi connectivity index (χ4n) is 3.81.